The van der Waals surface area contributed by atoms with Crippen LogP contribution in [-0.4, -0.2) is 6.67 Å². The number of nitrogens with two attached hydrogens (primary N) is 1. The average Bonchev–Trinajstić information content (AvgIpc) is 2.38. The Hall–Kier alpha value is -0.890. The molecule has 0 saturated heterocycles. The fourth-order valence-electron chi connectivity index (χ4n) is 2.75. The highest BCUT2D eigenvalue weighted by molar-refractivity contribution is 5.28. The van der Waals surface area contributed by atoms with Gasteiger partial charge in [-0.25, -0.2) is 0 Å². The van der Waals surface area contributed by atoms with E-state index in [1.165, 1.54) is 30.4 Å². The van der Waals surface area contributed by atoms with Gasteiger partial charge in [-0.3, -0.25) is 4.39 Å². The third-order valence-electron chi connectivity index (χ3n) is 3.87. The first-order valence-electron chi connectivity index (χ1n) is 6.69. The minimum absolute atomic E-state index is 0.114. The van der Waals surface area contributed by atoms with Crippen LogP contribution < -0.4 is 5.73 Å². The number of hydrogen-bond acceptors (Lipinski definition) is 1. The molecule has 0 amide bonds. The van der Waals surface area contributed by atoms with Crippen molar-refractivity contribution in [1.29, 1.82) is 0 Å². The zero-order valence-corrected chi connectivity index (χ0v) is 10.4. The molecular formula is C15H22FN. The van der Waals surface area contributed by atoms with Gasteiger partial charge in [0.05, 0.1) is 6.67 Å². The second kappa shape index (κ2) is 5.63. The Bertz CT molecular complexity index is 338. The summed E-state index contributed by atoms with van der Waals surface area (Å²) in [5.41, 5.74) is 8.82. The van der Waals surface area contributed by atoms with Crippen LogP contribution in [0.2, 0.25) is 0 Å². The molecule has 0 radical (unpaired) electrons. The van der Waals surface area contributed by atoms with Crippen molar-refractivity contribution < 1.29 is 4.39 Å². The lowest BCUT2D eigenvalue weighted by atomic mass is 9.77. The molecule has 17 heavy (non-hydrogen) atoms. The molecule has 1 aromatic rings. The topological polar surface area (TPSA) is 26.0 Å². The normalized spacial score (nSPS) is 19.2. The van der Waals surface area contributed by atoms with Crippen LogP contribution in [0.4, 0.5) is 4.39 Å². The van der Waals surface area contributed by atoms with E-state index in [4.69, 9.17) is 5.73 Å². The summed E-state index contributed by atoms with van der Waals surface area (Å²) in [4.78, 5) is 0. The lowest BCUT2D eigenvalue weighted by Crippen LogP contribution is -2.38. The SMILES string of the molecule is NC1(c2ccc(CCCF)cc2)CCCCC1. The van der Waals surface area contributed by atoms with Crippen molar-refractivity contribution in [2.45, 2.75) is 50.5 Å². The van der Waals surface area contributed by atoms with Crippen LogP contribution in [0.3, 0.4) is 0 Å². The van der Waals surface area contributed by atoms with Crippen molar-refractivity contribution in [3.63, 3.8) is 0 Å². The maximum Gasteiger partial charge on any atom is 0.0897 e. The van der Waals surface area contributed by atoms with E-state index in [2.05, 4.69) is 24.3 Å². The standard InChI is InChI=1S/C15H22FN/c16-12-4-5-13-6-8-14(9-7-13)15(17)10-2-1-3-11-15/h6-9H,1-5,10-12,17H2. The summed E-state index contributed by atoms with van der Waals surface area (Å²) >= 11 is 0. The molecule has 0 unspecified atom stereocenters. The van der Waals surface area contributed by atoms with Gasteiger partial charge in [0.25, 0.3) is 0 Å². The molecule has 0 bridgehead atoms. The van der Waals surface area contributed by atoms with Crippen molar-refractivity contribution in [3.8, 4) is 0 Å². The predicted molar refractivity (Wildman–Crippen MR) is 69.7 cm³/mol. The molecule has 2 rings (SSSR count). The van der Waals surface area contributed by atoms with Gasteiger partial charge in [0, 0.05) is 5.54 Å². The Kier molecular flexibility index (Phi) is 4.16. The van der Waals surface area contributed by atoms with Gasteiger partial charge in [-0.2, -0.15) is 0 Å². The minimum atomic E-state index is -0.234. The molecule has 0 atom stereocenters. The van der Waals surface area contributed by atoms with Crippen LogP contribution in [0.1, 0.15) is 49.7 Å². The van der Waals surface area contributed by atoms with Crippen LogP contribution in [-0.2, 0) is 12.0 Å². The number of alkyl halides is 1. The van der Waals surface area contributed by atoms with Crippen LogP contribution in [0, 0.1) is 0 Å². The lowest BCUT2D eigenvalue weighted by molar-refractivity contribution is 0.302. The zero-order chi connectivity index (χ0) is 12.1. The van der Waals surface area contributed by atoms with Crippen molar-refractivity contribution in [2.75, 3.05) is 6.67 Å². The molecule has 1 aromatic carbocycles. The largest absolute Gasteiger partial charge is 0.321 e. The van der Waals surface area contributed by atoms with Gasteiger partial charge in [0.1, 0.15) is 0 Å². The van der Waals surface area contributed by atoms with Gasteiger partial charge in [-0.05, 0) is 36.8 Å². The van der Waals surface area contributed by atoms with Gasteiger partial charge in [-0.1, -0.05) is 43.5 Å². The molecule has 1 saturated carbocycles. The van der Waals surface area contributed by atoms with Gasteiger partial charge >= 0.3 is 0 Å². The summed E-state index contributed by atoms with van der Waals surface area (Å²) in [7, 11) is 0. The maximum atomic E-state index is 12.1. The zero-order valence-electron chi connectivity index (χ0n) is 10.4. The Balaban J connectivity index is 2.06. The van der Waals surface area contributed by atoms with E-state index in [0.29, 0.717) is 6.42 Å². The first-order valence-corrected chi connectivity index (χ1v) is 6.69. The lowest BCUT2D eigenvalue weighted by Gasteiger charge is -2.34. The number of benzene rings is 1. The summed E-state index contributed by atoms with van der Waals surface area (Å²) in [5.74, 6) is 0. The van der Waals surface area contributed by atoms with E-state index in [9.17, 15) is 4.39 Å². The molecule has 2 N–H and O–H groups in total. The van der Waals surface area contributed by atoms with Crippen molar-refractivity contribution >= 4 is 0 Å². The predicted octanol–water partition coefficient (Wildman–Crippen LogP) is 3.71. The highest BCUT2D eigenvalue weighted by Crippen LogP contribution is 2.34. The highest BCUT2D eigenvalue weighted by atomic mass is 19.1. The van der Waals surface area contributed by atoms with Crippen LogP contribution in [0.5, 0.6) is 0 Å². The fraction of sp³-hybridized carbons (Fsp3) is 0.600. The number of halogens is 1. The Morgan fingerprint density at radius 3 is 2.29 bits per heavy atom. The second-order valence-corrected chi connectivity index (χ2v) is 5.21. The van der Waals surface area contributed by atoms with Crippen molar-refractivity contribution in [3.05, 3.63) is 35.4 Å². The Morgan fingerprint density at radius 1 is 1.06 bits per heavy atom. The van der Waals surface area contributed by atoms with Gasteiger partial charge < -0.3 is 5.73 Å². The molecule has 2 heteroatoms. The first kappa shape index (κ1) is 12.6. The van der Waals surface area contributed by atoms with Crippen molar-refractivity contribution in [2.24, 2.45) is 5.73 Å². The van der Waals surface area contributed by atoms with Crippen LogP contribution >= 0.6 is 0 Å². The van der Waals surface area contributed by atoms with E-state index < -0.39 is 0 Å². The molecule has 0 aliphatic heterocycles. The average molecular weight is 235 g/mol. The second-order valence-electron chi connectivity index (χ2n) is 5.21. The molecular weight excluding hydrogens is 213 g/mol. The van der Waals surface area contributed by atoms with Crippen LogP contribution in [0.15, 0.2) is 24.3 Å². The third-order valence-corrected chi connectivity index (χ3v) is 3.87. The van der Waals surface area contributed by atoms with Crippen LogP contribution in [0.25, 0.3) is 0 Å². The number of aryl methyl sites for hydroxylation is 1. The van der Waals surface area contributed by atoms with E-state index in [1.807, 2.05) is 0 Å². The monoisotopic (exact) mass is 235 g/mol. The van der Waals surface area contributed by atoms with Gasteiger partial charge in [0.2, 0.25) is 0 Å². The smallest absolute Gasteiger partial charge is 0.0897 e. The van der Waals surface area contributed by atoms with E-state index in [-0.39, 0.29) is 12.2 Å². The fourth-order valence-corrected chi connectivity index (χ4v) is 2.75. The molecule has 0 heterocycles. The molecule has 0 aromatic heterocycles. The quantitative estimate of drug-likeness (QED) is 0.846. The summed E-state index contributed by atoms with van der Waals surface area (Å²) in [6, 6.07) is 8.49. The molecule has 1 nitrogen and oxygen atoms in total. The van der Waals surface area contributed by atoms with E-state index in [1.54, 1.807) is 0 Å². The number of rotatable bonds is 4. The van der Waals surface area contributed by atoms with Gasteiger partial charge in [0.15, 0.2) is 0 Å². The molecule has 1 aliphatic carbocycles. The van der Waals surface area contributed by atoms with Crippen molar-refractivity contribution in [1.82, 2.24) is 0 Å². The van der Waals surface area contributed by atoms with E-state index >= 15 is 0 Å². The summed E-state index contributed by atoms with van der Waals surface area (Å²) in [6.07, 6.45) is 7.42. The summed E-state index contributed by atoms with van der Waals surface area (Å²) in [5, 5.41) is 0. The third kappa shape index (κ3) is 3.06. The Labute approximate surface area is 103 Å². The Morgan fingerprint density at radius 2 is 1.71 bits per heavy atom. The first-order chi connectivity index (χ1) is 8.24. The number of hydrogen-bond donors (Lipinski definition) is 1. The molecule has 94 valence electrons. The molecule has 0 spiro atoms. The molecule has 1 aliphatic rings. The summed E-state index contributed by atoms with van der Waals surface area (Å²) < 4.78 is 12.1. The highest BCUT2D eigenvalue weighted by Gasteiger charge is 2.28. The van der Waals surface area contributed by atoms with E-state index in [0.717, 1.165) is 19.3 Å². The van der Waals surface area contributed by atoms with Gasteiger partial charge in [-0.15, -0.1) is 0 Å². The maximum absolute atomic E-state index is 12.1. The summed E-state index contributed by atoms with van der Waals surface area (Å²) in [6.45, 7) is -0.234. The molecule has 1 fully saturated rings. The minimum Gasteiger partial charge on any atom is -0.321 e.